The van der Waals surface area contributed by atoms with Crippen LogP contribution in [0.15, 0.2) is 61.2 Å². The average Bonchev–Trinajstić information content (AvgIpc) is 3.11. The van der Waals surface area contributed by atoms with Crippen LogP contribution in [0.2, 0.25) is 0 Å². The zero-order valence-electron chi connectivity index (χ0n) is 13.1. The molecule has 3 rings (SSSR count). The fourth-order valence-electron chi connectivity index (χ4n) is 2.41. The van der Waals surface area contributed by atoms with Gasteiger partial charge in [-0.05, 0) is 23.8 Å². The number of benzene rings is 2. The Labute approximate surface area is 144 Å². The Balaban J connectivity index is 1.78. The highest BCUT2D eigenvalue weighted by Crippen LogP contribution is 2.17. The van der Waals surface area contributed by atoms with Crippen LogP contribution in [-0.4, -0.2) is 18.0 Å². The van der Waals surface area contributed by atoms with Crippen molar-refractivity contribution in [3.8, 4) is 5.69 Å². The maximum Gasteiger partial charge on any atom is 0.216 e. The monoisotopic (exact) mass is 363 g/mol. The van der Waals surface area contributed by atoms with Crippen molar-refractivity contribution in [1.29, 1.82) is 0 Å². The molecule has 0 saturated heterocycles. The van der Waals surface area contributed by atoms with Crippen LogP contribution >= 0.6 is 0 Å². The highest BCUT2D eigenvalue weighted by atomic mass is 32.2. The van der Waals surface area contributed by atoms with Crippen LogP contribution in [0.25, 0.3) is 5.69 Å². The predicted octanol–water partition coefficient (Wildman–Crippen LogP) is 2.77. The molecule has 0 aliphatic carbocycles. The molecule has 0 bridgehead atoms. The number of para-hydroxylation sites is 1. The molecular weight excluding hydrogens is 348 g/mol. The summed E-state index contributed by atoms with van der Waals surface area (Å²) >= 11 is 0. The summed E-state index contributed by atoms with van der Waals surface area (Å²) in [6.45, 7) is -0.00718. The summed E-state index contributed by atoms with van der Waals surface area (Å²) in [4.78, 5) is 3.96. The number of imidazole rings is 1. The molecule has 0 radical (unpaired) electrons. The third-order valence-corrected chi connectivity index (χ3v) is 4.91. The summed E-state index contributed by atoms with van der Waals surface area (Å²) in [7, 11) is -3.92. The number of nitrogens with one attached hydrogen (secondary N) is 1. The third kappa shape index (κ3) is 4.09. The fraction of sp³-hybridized carbons (Fsp3) is 0.118. The Morgan fingerprint density at radius 1 is 1.04 bits per heavy atom. The van der Waals surface area contributed by atoms with Gasteiger partial charge in [-0.1, -0.05) is 24.3 Å². The predicted molar refractivity (Wildman–Crippen MR) is 89.4 cm³/mol. The van der Waals surface area contributed by atoms with Crippen molar-refractivity contribution in [2.75, 3.05) is 0 Å². The highest BCUT2D eigenvalue weighted by molar-refractivity contribution is 7.88. The second-order valence-corrected chi connectivity index (χ2v) is 7.19. The first-order valence-corrected chi connectivity index (χ1v) is 9.08. The number of rotatable bonds is 6. The fourth-order valence-corrected chi connectivity index (χ4v) is 3.55. The number of hydrogen-bond donors (Lipinski definition) is 1. The lowest BCUT2D eigenvalue weighted by atomic mass is 10.2. The molecule has 0 unspecified atom stereocenters. The van der Waals surface area contributed by atoms with E-state index in [1.165, 1.54) is 6.07 Å². The maximum absolute atomic E-state index is 13.7. The van der Waals surface area contributed by atoms with Crippen LogP contribution in [-0.2, 0) is 22.3 Å². The van der Waals surface area contributed by atoms with Gasteiger partial charge in [0.25, 0.3) is 0 Å². The summed E-state index contributed by atoms with van der Waals surface area (Å²) in [5, 5.41) is 0. The van der Waals surface area contributed by atoms with E-state index in [4.69, 9.17) is 0 Å². The lowest BCUT2D eigenvalue weighted by molar-refractivity contribution is 0.551. The Kier molecular flexibility index (Phi) is 4.91. The molecule has 130 valence electrons. The highest BCUT2D eigenvalue weighted by Gasteiger charge is 2.18. The lowest BCUT2D eigenvalue weighted by Crippen LogP contribution is -2.26. The van der Waals surface area contributed by atoms with E-state index in [0.29, 0.717) is 5.56 Å². The van der Waals surface area contributed by atoms with Crippen LogP contribution in [0, 0.1) is 11.6 Å². The van der Waals surface area contributed by atoms with Crippen LogP contribution in [0.4, 0.5) is 8.78 Å². The van der Waals surface area contributed by atoms with Gasteiger partial charge in [0.05, 0.1) is 17.8 Å². The first kappa shape index (κ1) is 17.2. The smallest absolute Gasteiger partial charge is 0.216 e. The minimum Gasteiger partial charge on any atom is -0.306 e. The topological polar surface area (TPSA) is 64.0 Å². The molecule has 0 aliphatic heterocycles. The molecule has 8 heteroatoms. The van der Waals surface area contributed by atoms with Gasteiger partial charge in [0.2, 0.25) is 10.0 Å². The minimum atomic E-state index is -3.92. The van der Waals surface area contributed by atoms with E-state index in [1.54, 1.807) is 35.4 Å². The van der Waals surface area contributed by atoms with E-state index in [2.05, 4.69) is 9.71 Å². The molecule has 1 N–H and O–H groups in total. The molecule has 0 atom stereocenters. The molecular formula is C17H15F2N3O2S. The normalized spacial score (nSPS) is 11.6. The molecule has 25 heavy (non-hydrogen) atoms. The van der Waals surface area contributed by atoms with Crippen molar-refractivity contribution in [3.05, 3.63) is 83.9 Å². The molecule has 0 spiro atoms. The third-order valence-electron chi connectivity index (χ3n) is 3.65. The molecule has 5 nitrogen and oxygen atoms in total. The lowest BCUT2D eigenvalue weighted by Gasteiger charge is -2.12. The van der Waals surface area contributed by atoms with E-state index in [0.717, 1.165) is 17.8 Å². The number of sulfonamides is 1. The zero-order valence-corrected chi connectivity index (χ0v) is 13.9. The van der Waals surface area contributed by atoms with E-state index in [9.17, 15) is 17.2 Å². The summed E-state index contributed by atoms with van der Waals surface area (Å²) in [5.74, 6) is -2.54. The van der Waals surface area contributed by atoms with E-state index >= 15 is 0 Å². The summed E-state index contributed by atoms with van der Waals surface area (Å²) in [6.07, 6.45) is 4.95. The Morgan fingerprint density at radius 2 is 1.76 bits per heavy atom. The Hall–Kier alpha value is -2.58. The SMILES string of the molecule is O=S(=O)(Cc1c(F)cccc1F)NCc1ccccc1-n1ccnc1. The number of nitrogens with zero attached hydrogens (tertiary/aromatic N) is 2. The second kappa shape index (κ2) is 7.12. The first-order chi connectivity index (χ1) is 12.0. The molecule has 1 heterocycles. The van der Waals surface area contributed by atoms with Gasteiger partial charge in [0, 0.05) is 24.5 Å². The molecule has 0 saturated carbocycles. The van der Waals surface area contributed by atoms with Crippen LogP contribution in [0.3, 0.4) is 0 Å². The van der Waals surface area contributed by atoms with Crippen LogP contribution in [0.5, 0.6) is 0 Å². The number of hydrogen-bond acceptors (Lipinski definition) is 3. The first-order valence-electron chi connectivity index (χ1n) is 7.43. The second-order valence-electron chi connectivity index (χ2n) is 5.38. The van der Waals surface area contributed by atoms with E-state index < -0.39 is 33.0 Å². The van der Waals surface area contributed by atoms with Gasteiger partial charge in [-0.25, -0.2) is 26.9 Å². The molecule has 0 aliphatic rings. The molecule has 2 aromatic carbocycles. The van der Waals surface area contributed by atoms with Gasteiger partial charge < -0.3 is 4.57 Å². The maximum atomic E-state index is 13.7. The van der Waals surface area contributed by atoms with Gasteiger partial charge >= 0.3 is 0 Å². The Morgan fingerprint density at radius 3 is 2.44 bits per heavy atom. The van der Waals surface area contributed by atoms with Crippen molar-refractivity contribution < 1.29 is 17.2 Å². The molecule has 1 aromatic heterocycles. The largest absolute Gasteiger partial charge is 0.306 e. The quantitative estimate of drug-likeness (QED) is 0.732. The number of aromatic nitrogens is 2. The molecule has 0 fully saturated rings. The van der Waals surface area contributed by atoms with Gasteiger partial charge in [-0.2, -0.15) is 0 Å². The van der Waals surface area contributed by atoms with E-state index in [-0.39, 0.29) is 6.54 Å². The zero-order chi connectivity index (χ0) is 17.9. The van der Waals surface area contributed by atoms with Crippen LogP contribution in [0.1, 0.15) is 11.1 Å². The summed E-state index contributed by atoms with van der Waals surface area (Å²) in [5.41, 5.74) is 0.996. The van der Waals surface area contributed by atoms with Crippen molar-refractivity contribution in [2.45, 2.75) is 12.3 Å². The Bertz CT molecular complexity index is 953. The van der Waals surface area contributed by atoms with Crippen LogP contribution < -0.4 is 4.72 Å². The minimum absolute atomic E-state index is 0.00718. The van der Waals surface area contributed by atoms with Gasteiger partial charge in [-0.15, -0.1) is 0 Å². The van der Waals surface area contributed by atoms with Crippen molar-refractivity contribution in [2.24, 2.45) is 0 Å². The standard InChI is InChI=1S/C17H15F2N3O2S/c18-15-5-3-6-16(19)14(15)11-25(23,24)21-10-13-4-1-2-7-17(13)22-9-8-20-12-22/h1-9,12,21H,10-11H2. The van der Waals surface area contributed by atoms with Gasteiger partial charge in [0.15, 0.2) is 0 Å². The summed E-state index contributed by atoms with van der Waals surface area (Å²) in [6, 6.07) is 10.4. The van der Waals surface area contributed by atoms with Crippen molar-refractivity contribution in [3.63, 3.8) is 0 Å². The summed E-state index contributed by atoms with van der Waals surface area (Å²) < 4.78 is 55.9. The van der Waals surface area contributed by atoms with Crippen molar-refractivity contribution >= 4 is 10.0 Å². The van der Waals surface area contributed by atoms with Crippen molar-refractivity contribution in [1.82, 2.24) is 14.3 Å². The number of halogens is 2. The molecule has 0 amide bonds. The average molecular weight is 363 g/mol. The van der Waals surface area contributed by atoms with E-state index in [1.807, 2.05) is 12.1 Å². The van der Waals surface area contributed by atoms with Gasteiger partial charge in [0.1, 0.15) is 11.6 Å². The van der Waals surface area contributed by atoms with Gasteiger partial charge in [-0.3, -0.25) is 0 Å². The molecule has 3 aromatic rings.